The van der Waals surface area contributed by atoms with E-state index in [-0.39, 0.29) is 31.5 Å². The van der Waals surface area contributed by atoms with Gasteiger partial charge in [0, 0.05) is 25.5 Å². The largest absolute Gasteiger partial charge is 0.479 e. The molecule has 34 heavy (non-hydrogen) atoms. The molecule has 0 saturated heterocycles. The van der Waals surface area contributed by atoms with Gasteiger partial charge in [0.2, 0.25) is 5.91 Å². The molecule has 0 radical (unpaired) electrons. The number of methoxy groups -OCH3 is 1. The highest BCUT2D eigenvalue weighted by Gasteiger charge is 2.36. The number of amides is 2. The van der Waals surface area contributed by atoms with Crippen LogP contribution in [0.5, 0.6) is 0 Å². The molecular formula is C26H32N2O6. The lowest BCUT2D eigenvalue weighted by atomic mass is 9.98. The summed E-state index contributed by atoms with van der Waals surface area (Å²) in [5.41, 5.74) is 2.95. The molecule has 0 saturated carbocycles. The van der Waals surface area contributed by atoms with Gasteiger partial charge < -0.3 is 25.2 Å². The van der Waals surface area contributed by atoms with E-state index in [9.17, 15) is 19.5 Å². The molecule has 2 atom stereocenters. The van der Waals surface area contributed by atoms with Crippen LogP contribution in [0.2, 0.25) is 0 Å². The van der Waals surface area contributed by atoms with Crippen LogP contribution in [-0.4, -0.2) is 55.0 Å². The average Bonchev–Trinajstić information content (AvgIpc) is 3.11. The SMILES string of the molecule is COCC(C)(NC(=O)C[C@H](NC(=O)OCC1c2ccccc2-c2ccccc21)C(C)C)C(=O)O. The minimum Gasteiger partial charge on any atom is -0.479 e. The predicted octanol–water partition coefficient (Wildman–Crippen LogP) is 3.55. The Kier molecular flexibility index (Phi) is 7.94. The van der Waals surface area contributed by atoms with Crippen molar-refractivity contribution in [2.75, 3.05) is 20.3 Å². The summed E-state index contributed by atoms with van der Waals surface area (Å²) < 4.78 is 10.5. The Labute approximate surface area is 199 Å². The fourth-order valence-corrected chi connectivity index (χ4v) is 4.24. The second kappa shape index (κ2) is 10.7. The van der Waals surface area contributed by atoms with Crippen molar-refractivity contribution in [1.82, 2.24) is 10.6 Å². The van der Waals surface area contributed by atoms with Crippen LogP contribution in [0, 0.1) is 5.92 Å². The average molecular weight is 469 g/mol. The van der Waals surface area contributed by atoms with Crippen LogP contribution in [0.3, 0.4) is 0 Å². The molecule has 2 amide bonds. The molecule has 0 fully saturated rings. The number of carboxylic acids is 1. The van der Waals surface area contributed by atoms with Gasteiger partial charge in [-0.25, -0.2) is 9.59 Å². The minimum absolute atomic E-state index is 0.0655. The lowest BCUT2D eigenvalue weighted by Gasteiger charge is -2.27. The molecule has 0 spiro atoms. The quantitative estimate of drug-likeness (QED) is 0.491. The Bertz CT molecular complexity index is 1010. The van der Waals surface area contributed by atoms with Gasteiger partial charge in [-0.1, -0.05) is 62.4 Å². The fourth-order valence-electron chi connectivity index (χ4n) is 4.24. The summed E-state index contributed by atoms with van der Waals surface area (Å²) in [6, 6.07) is 15.6. The van der Waals surface area contributed by atoms with Gasteiger partial charge in [-0.3, -0.25) is 4.79 Å². The van der Waals surface area contributed by atoms with E-state index < -0.39 is 29.6 Å². The molecule has 1 aliphatic carbocycles. The highest BCUT2D eigenvalue weighted by atomic mass is 16.5. The van der Waals surface area contributed by atoms with Crippen molar-refractivity contribution in [3.8, 4) is 11.1 Å². The van der Waals surface area contributed by atoms with Gasteiger partial charge in [0.15, 0.2) is 5.54 Å². The maximum absolute atomic E-state index is 12.6. The van der Waals surface area contributed by atoms with Gasteiger partial charge >= 0.3 is 12.1 Å². The van der Waals surface area contributed by atoms with Crippen LogP contribution in [0.4, 0.5) is 4.79 Å². The topological polar surface area (TPSA) is 114 Å². The second-order valence-electron chi connectivity index (χ2n) is 9.14. The van der Waals surface area contributed by atoms with Crippen molar-refractivity contribution in [3.63, 3.8) is 0 Å². The summed E-state index contributed by atoms with van der Waals surface area (Å²) in [5, 5.41) is 14.7. The van der Waals surface area contributed by atoms with Crippen molar-refractivity contribution >= 4 is 18.0 Å². The van der Waals surface area contributed by atoms with E-state index in [4.69, 9.17) is 9.47 Å². The number of carbonyl (C=O) groups excluding carboxylic acids is 2. The Balaban J connectivity index is 1.62. The van der Waals surface area contributed by atoms with Crippen LogP contribution in [-0.2, 0) is 19.1 Å². The first kappa shape index (κ1) is 25.2. The number of hydrogen-bond donors (Lipinski definition) is 3. The number of carboxylic acid groups (broad SMARTS) is 1. The number of aliphatic carboxylic acids is 1. The number of benzene rings is 2. The number of carbonyl (C=O) groups is 3. The van der Waals surface area contributed by atoms with Gasteiger partial charge in [0.1, 0.15) is 6.61 Å². The van der Waals surface area contributed by atoms with Crippen molar-refractivity contribution in [2.45, 2.75) is 44.7 Å². The molecule has 2 aromatic rings. The smallest absolute Gasteiger partial charge is 0.407 e. The molecule has 8 nitrogen and oxygen atoms in total. The third-order valence-corrected chi connectivity index (χ3v) is 6.18. The van der Waals surface area contributed by atoms with Crippen LogP contribution >= 0.6 is 0 Å². The molecule has 3 rings (SSSR count). The van der Waals surface area contributed by atoms with E-state index in [1.807, 2.05) is 50.2 Å². The standard InChI is InChI=1S/C26H32N2O6/c1-16(2)22(13-23(29)28-26(3,15-33-4)24(30)31)27-25(32)34-14-21-19-11-7-5-9-17(19)18-10-6-8-12-20(18)21/h5-12,16,21-22H,13-15H2,1-4H3,(H,27,32)(H,28,29)(H,30,31)/t22-,26?/m0/s1. The number of rotatable bonds is 10. The first-order valence-electron chi connectivity index (χ1n) is 11.3. The number of alkyl carbamates (subject to hydrolysis) is 1. The lowest BCUT2D eigenvalue weighted by Crippen LogP contribution is -2.56. The van der Waals surface area contributed by atoms with Gasteiger partial charge in [0.25, 0.3) is 0 Å². The maximum atomic E-state index is 12.6. The second-order valence-corrected chi connectivity index (χ2v) is 9.14. The molecule has 8 heteroatoms. The molecule has 182 valence electrons. The minimum atomic E-state index is -1.56. The highest BCUT2D eigenvalue weighted by Crippen LogP contribution is 2.44. The molecule has 1 unspecified atom stereocenters. The van der Waals surface area contributed by atoms with E-state index >= 15 is 0 Å². The summed E-state index contributed by atoms with van der Waals surface area (Å²) in [7, 11) is 1.36. The third-order valence-electron chi connectivity index (χ3n) is 6.18. The van der Waals surface area contributed by atoms with Crippen molar-refractivity contribution in [1.29, 1.82) is 0 Å². The summed E-state index contributed by atoms with van der Waals surface area (Å²) in [6.45, 7) is 5.10. The van der Waals surface area contributed by atoms with E-state index in [1.54, 1.807) is 0 Å². The van der Waals surface area contributed by atoms with E-state index in [2.05, 4.69) is 22.8 Å². The number of nitrogens with one attached hydrogen (secondary N) is 2. The van der Waals surface area contributed by atoms with Gasteiger partial charge in [-0.05, 0) is 35.1 Å². The number of fused-ring (bicyclic) bond motifs is 3. The van der Waals surface area contributed by atoms with E-state index in [1.165, 1.54) is 14.0 Å². The van der Waals surface area contributed by atoms with Crippen molar-refractivity contribution < 1.29 is 29.0 Å². The predicted molar refractivity (Wildman–Crippen MR) is 128 cm³/mol. The highest BCUT2D eigenvalue weighted by molar-refractivity contribution is 5.87. The molecule has 1 aliphatic rings. The molecule has 3 N–H and O–H groups in total. The summed E-state index contributed by atoms with van der Waals surface area (Å²) in [6.07, 6.45) is -0.708. The maximum Gasteiger partial charge on any atom is 0.407 e. The monoisotopic (exact) mass is 468 g/mol. The number of hydrogen-bond acceptors (Lipinski definition) is 5. The first-order valence-corrected chi connectivity index (χ1v) is 11.3. The van der Waals surface area contributed by atoms with Crippen LogP contribution in [0.25, 0.3) is 11.1 Å². The molecule has 0 aliphatic heterocycles. The normalized spacial score (nSPS) is 15.1. The molecule has 0 aromatic heterocycles. The number of ether oxygens (including phenoxy) is 2. The third kappa shape index (κ3) is 5.56. The van der Waals surface area contributed by atoms with Crippen molar-refractivity contribution in [3.05, 3.63) is 59.7 Å². The zero-order valence-electron chi connectivity index (χ0n) is 20.0. The Morgan fingerprint density at radius 2 is 1.59 bits per heavy atom. The summed E-state index contributed by atoms with van der Waals surface area (Å²) >= 11 is 0. The first-order chi connectivity index (χ1) is 16.2. The zero-order valence-corrected chi connectivity index (χ0v) is 20.0. The van der Waals surface area contributed by atoms with Crippen molar-refractivity contribution in [2.24, 2.45) is 5.92 Å². The molecule has 0 heterocycles. The van der Waals surface area contributed by atoms with Crippen LogP contribution in [0.15, 0.2) is 48.5 Å². The Hall–Kier alpha value is -3.39. The van der Waals surface area contributed by atoms with Gasteiger partial charge in [0.05, 0.1) is 6.61 Å². The molecular weight excluding hydrogens is 436 g/mol. The fraction of sp³-hybridized carbons (Fsp3) is 0.423. The van der Waals surface area contributed by atoms with Gasteiger partial charge in [-0.2, -0.15) is 0 Å². The molecule has 2 aromatic carbocycles. The molecule has 0 bridgehead atoms. The van der Waals surface area contributed by atoms with E-state index in [0.717, 1.165) is 22.3 Å². The van der Waals surface area contributed by atoms with Crippen LogP contribution in [0.1, 0.15) is 44.2 Å². The summed E-state index contributed by atoms with van der Waals surface area (Å²) in [4.78, 5) is 36.7. The van der Waals surface area contributed by atoms with Gasteiger partial charge in [-0.15, -0.1) is 0 Å². The van der Waals surface area contributed by atoms with E-state index in [0.29, 0.717) is 0 Å². The lowest BCUT2D eigenvalue weighted by molar-refractivity contribution is -0.149. The zero-order chi connectivity index (χ0) is 24.9. The Morgan fingerprint density at radius 1 is 1.03 bits per heavy atom. The van der Waals surface area contributed by atoms with Crippen LogP contribution < -0.4 is 10.6 Å². The summed E-state index contributed by atoms with van der Waals surface area (Å²) in [5.74, 6) is -1.85. The Morgan fingerprint density at radius 3 is 2.09 bits per heavy atom.